The highest BCUT2D eigenvalue weighted by Crippen LogP contribution is 2.02. The highest BCUT2D eigenvalue weighted by Gasteiger charge is 2.11. The Balaban J connectivity index is 2.80. The first kappa shape index (κ1) is 8.46. The number of ether oxygens (including phenoxy) is 1. The molecule has 0 aromatic heterocycles. The van der Waals surface area contributed by atoms with Gasteiger partial charge in [0.25, 0.3) is 0 Å². The van der Waals surface area contributed by atoms with E-state index in [1.807, 2.05) is 0 Å². The van der Waals surface area contributed by atoms with E-state index in [1.165, 1.54) is 6.08 Å². The molecule has 0 unspecified atom stereocenters. The smallest absolute Gasteiger partial charge is 0.345 e. The Bertz CT molecular complexity index is 284. The lowest BCUT2D eigenvalue weighted by Gasteiger charge is -1.98. The van der Waals surface area contributed by atoms with Crippen LogP contribution in [0.25, 0.3) is 0 Å². The maximum absolute atomic E-state index is 10.9. The van der Waals surface area contributed by atoms with E-state index in [1.54, 1.807) is 18.2 Å². The van der Waals surface area contributed by atoms with E-state index in [0.717, 1.165) is 0 Å². The zero-order valence-corrected chi connectivity index (χ0v) is 6.45. The van der Waals surface area contributed by atoms with Crippen LogP contribution in [0.15, 0.2) is 36.5 Å². The molecule has 0 saturated heterocycles. The maximum Gasteiger partial charge on any atom is 0.345 e. The number of hydrogen-bond donors (Lipinski definition) is 0. The summed E-state index contributed by atoms with van der Waals surface area (Å²) in [5.74, 6) is -1.24. The van der Waals surface area contributed by atoms with Crippen molar-refractivity contribution in [3.63, 3.8) is 0 Å². The number of hydrogen-bond acceptors (Lipinski definition) is 3. The Labute approximate surface area is 70.0 Å². The fourth-order valence-corrected chi connectivity index (χ4v) is 0.693. The molecule has 0 N–H and O–H groups in total. The molecule has 0 bridgehead atoms. The van der Waals surface area contributed by atoms with E-state index in [2.05, 4.69) is 11.3 Å². The molecule has 0 aromatic carbocycles. The number of esters is 2. The van der Waals surface area contributed by atoms with E-state index < -0.39 is 11.9 Å². The van der Waals surface area contributed by atoms with E-state index in [0.29, 0.717) is 0 Å². The third-order valence-corrected chi connectivity index (χ3v) is 1.30. The van der Waals surface area contributed by atoms with Crippen molar-refractivity contribution in [1.29, 1.82) is 0 Å². The summed E-state index contributed by atoms with van der Waals surface area (Å²) < 4.78 is 4.40. The number of carbonyl (C=O) groups is 2. The quantitative estimate of drug-likeness (QED) is 0.306. The van der Waals surface area contributed by atoms with Gasteiger partial charge < -0.3 is 4.74 Å². The Morgan fingerprint density at radius 3 is 2.83 bits per heavy atom. The van der Waals surface area contributed by atoms with Crippen molar-refractivity contribution in [2.75, 3.05) is 0 Å². The number of cyclic esters (lactones) is 2. The van der Waals surface area contributed by atoms with E-state index in [9.17, 15) is 9.59 Å². The molecule has 3 heteroatoms. The van der Waals surface area contributed by atoms with Gasteiger partial charge in [-0.15, -0.1) is 0 Å². The summed E-state index contributed by atoms with van der Waals surface area (Å²) in [5, 5.41) is 0. The highest BCUT2D eigenvalue weighted by atomic mass is 16.6. The van der Waals surface area contributed by atoms with Crippen LogP contribution in [0.2, 0.25) is 0 Å². The molecule has 1 rings (SSSR count). The van der Waals surface area contributed by atoms with Crippen LogP contribution < -0.4 is 0 Å². The van der Waals surface area contributed by atoms with Crippen molar-refractivity contribution in [2.45, 2.75) is 6.42 Å². The molecule has 0 spiro atoms. The molecule has 62 valence electrons. The molecule has 1 aliphatic rings. The average Bonchev–Trinajstić information content (AvgIpc) is 2.07. The van der Waals surface area contributed by atoms with Gasteiger partial charge in [-0.05, 0) is 6.08 Å². The first-order chi connectivity index (χ1) is 5.70. The lowest BCUT2D eigenvalue weighted by molar-refractivity contribution is -0.155. The Morgan fingerprint density at radius 1 is 1.33 bits per heavy atom. The number of allylic oxidation sites excluding steroid dienone is 2. The van der Waals surface area contributed by atoms with E-state index >= 15 is 0 Å². The zero-order chi connectivity index (χ0) is 8.97. The molecular formula is C9H8O3. The monoisotopic (exact) mass is 164 g/mol. The molecule has 0 amide bonds. The minimum absolute atomic E-state index is 0.114. The van der Waals surface area contributed by atoms with Gasteiger partial charge in [0.1, 0.15) is 0 Å². The van der Waals surface area contributed by atoms with Crippen molar-refractivity contribution in [3.8, 4) is 0 Å². The van der Waals surface area contributed by atoms with Gasteiger partial charge in [-0.25, -0.2) is 4.79 Å². The molecular weight excluding hydrogens is 156 g/mol. The van der Waals surface area contributed by atoms with Crippen LogP contribution in [-0.4, -0.2) is 11.9 Å². The molecule has 0 fully saturated rings. The lowest BCUT2D eigenvalue weighted by Crippen LogP contribution is -2.11. The van der Waals surface area contributed by atoms with Gasteiger partial charge in [-0.3, -0.25) is 4.79 Å². The molecule has 0 saturated carbocycles. The van der Waals surface area contributed by atoms with Crippen LogP contribution in [0.5, 0.6) is 0 Å². The largest absolute Gasteiger partial charge is 0.389 e. The average molecular weight is 164 g/mol. The minimum atomic E-state index is -0.681. The molecule has 3 nitrogen and oxygen atoms in total. The van der Waals surface area contributed by atoms with Gasteiger partial charge in [0.2, 0.25) is 0 Å². The molecule has 0 atom stereocenters. The molecule has 0 radical (unpaired) electrons. The van der Waals surface area contributed by atoms with Crippen molar-refractivity contribution < 1.29 is 14.3 Å². The Hall–Kier alpha value is -1.64. The van der Waals surface area contributed by atoms with E-state index in [-0.39, 0.29) is 12.0 Å². The lowest BCUT2D eigenvalue weighted by atomic mass is 10.3. The van der Waals surface area contributed by atoms with Gasteiger partial charge >= 0.3 is 11.9 Å². The van der Waals surface area contributed by atoms with Crippen molar-refractivity contribution >= 4 is 11.9 Å². The summed E-state index contributed by atoms with van der Waals surface area (Å²) in [4.78, 5) is 21.7. The molecule has 0 aromatic rings. The van der Waals surface area contributed by atoms with Crippen LogP contribution in [-0.2, 0) is 14.3 Å². The molecule has 0 aliphatic carbocycles. The van der Waals surface area contributed by atoms with Gasteiger partial charge in [0.05, 0.1) is 12.0 Å². The predicted octanol–water partition coefficient (Wildman–Crippen LogP) is 1.13. The van der Waals surface area contributed by atoms with Crippen molar-refractivity contribution in [1.82, 2.24) is 0 Å². The SMILES string of the molecule is C=C1/C=C\C=C/CC(=O)OC1=O. The number of rotatable bonds is 0. The third-order valence-electron chi connectivity index (χ3n) is 1.30. The minimum Gasteiger partial charge on any atom is -0.389 e. The first-order valence-corrected chi connectivity index (χ1v) is 3.47. The Kier molecular flexibility index (Phi) is 2.58. The van der Waals surface area contributed by atoms with Crippen LogP contribution in [0.4, 0.5) is 0 Å². The van der Waals surface area contributed by atoms with Crippen LogP contribution in [0.1, 0.15) is 6.42 Å². The van der Waals surface area contributed by atoms with Crippen LogP contribution in [0.3, 0.4) is 0 Å². The fraction of sp³-hybridized carbons (Fsp3) is 0.111. The van der Waals surface area contributed by atoms with E-state index in [4.69, 9.17) is 0 Å². The second-order valence-electron chi connectivity index (χ2n) is 2.28. The summed E-state index contributed by atoms with van der Waals surface area (Å²) >= 11 is 0. The van der Waals surface area contributed by atoms with Crippen molar-refractivity contribution in [2.24, 2.45) is 0 Å². The second-order valence-corrected chi connectivity index (χ2v) is 2.28. The highest BCUT2D eigenvalue weighted by molar-refractivity contribution is 5.98. The maximum atomic E-state index is 10.9. The standard InChI is InChI=1S/C9H8O3/c1-7-5-3-2-4-6-8(10)12-9(7)11/h2-5H,1,6H2/b4-2-,5-3-. The molecule has 1 aliphatic heterocycles. The topological polar surface area (TPSA) is 43.4 Å². The van der Waals surface area contributed by atoms with Gasteiger partial charge in [-0.1, -0.05) is 24.8 Å². The summed E-state index contributed by atoms with van der Waals surface area (Å²) in [6.07, 6.45) is 6.54. The summed E-state index contributed by atoms with van der Waals surface area (Å²) in [6, 6.07) is 0. The van der Waals surface area contributed by atoms with Gasteiger partial charge in [-0.2, -0.15) is 0 Å². The second kappa shape index (κ2) is 3.67. The first-order valence-electron chi connectivity index (χ1n) is 3.47. The predicted molar refractivity (Wildman–Crippen MR) is 43.1 cm³/mol. The zero-order valence-electron chi connectivity index (χ0n) is 6.45. The summed E-state index contributed by atoms with van der Waals surface area (Å²) in [5.41, 5.74) is 0.176. The van der Waals surface area contributed by atoms with Crippen LogP contribution in [0, 0.1) is 0 Å². The Morgan fingerprint density at radius 2 is 2.08 bits per heavy atom. The van der Waals surface area contributed by atoms with Crippen LogP contribution >= 0.6 is 0 Å². The number of carbonyl (C=O) groups excluding carboxylic acids is 2. The van der Waals surface area contributed by atoms with Crippen molar-refractivity contribution in [3.05, 3.63) is 36.5 Å². The molecule has 1 heterocycles. The fourth-order valence-electron chi connectivity index (χ4n) is 0.693. The van der Waals surface area contributed by atoms with Gasteiger partial charge in [0.15, 0.2) is 0 Å². The normalized spacial score (nSPS) is 23.5. The summed E-state index contributed by atoms with van der Waals surface area (Å²) in [6.45, 7) is 3.43. The summed E-state index contributed by atoms with van der Waals surface area (Å²) in [7, 11) is 0. The third kappa shape index (κ3) is 2.20. The molecule has 12 heavy (non-hydrogen) atoms. The van der Waals surface area contributed by atoms with Gasteiger partial charge in [0, 0.05) is 0 Å².